The SMILES string of the molecule is CC#Cc1c(O)ccc(O)c1C#CC. The summed E-state index contributed by atoms with van der Waals surface area (Å²) in [6, 6.07) is 2.80. The van der Waals surface area contributed by atoms with Crippen LogP contribution in [-0.4, -0.2) is 10.2 Å². The van der Waals surface area contributed by atoms with Crippen molar-refractivity contribution in [1.82, 2.24) is 0 Å². The van der Waals surface area contributed by atoms with Gasteiger partial charge in [0, 0.05) is 0 Å². The Morgan fingerprint density at radius 2 is 1.21 bits per heavy atom. The monoisotopic (exact) mass is 186 g/mol. The van der Waals surface area contributed by atoms with Crippen molar-refractivity contribution in [2.24, 2.45) is 0 Å². The first-order valence-corrected chi connectivity index (χ1v) is 4.11. The van der Waals surface area contributed by atoms with E-state index in [4.69, 9.17) is 0 Å². The molecule has 14 heavy (non-hydrogen) atoms. The van der Waals surface area contributed by atoms with Gasteiger partial charge in [0.2, 0.25) is 0 Å². The van der Waals surface area contributed by atoms with Gasteiger partial charge < -0.3 is 10.2 Å². The van der Waals surface area contributed by atoms with E-state index in [-0.39, 0.29) is 11.5 Å². The van der Waals surface area contributed by atoms with Crippen LogP contribution in [0.3, 0.4) is 0 Å². The van der Waals surface area contributed by atoms with E-state index in [1.165, 1.54) is 12.1 Å². The summed E-state index contributed by atoms with van der Waals surface area (Å²) in [7, 11) is 0. The molecule has 0 aliphatic rings. The van der Waals surface area contributed by atoms with Crippen molar-refractivity contribution in [2.45, 2.75) is 13.8 Å². The lowest BCUT2D eigenvalue weighted by molar-refractivity contribution is 0.457. The Bertz CT molecular complexity index is 420. The lowest BCUT2D eigenvalue weighted by Gasteiger charge is -2.02. The third-order valence-electron chi connectivity index (χ3n) is 1.66. The minimum Gasteiger partial charge on any atom is -0.507 e. The second-order valence-corrected chi connectivity index (χ2v) is 2.60. The standard InChI is InChI=1S/C12H10O2/c1-3-5-9-10(6-4-2)12(14)8-7-11(9)13/h7-8,13-14H,1-2H3. The third kappa shape index (κ3) is 1.81. The number of phenolic OH excluding ortho intramolecular Hbond substituents is 2. The van der Waals surface area contributed by atoms with Crippen molar-refractivity contribution < 1.29 is 10.2 Å². The van der Waals surface area contributed by atoms with Crippen LogP contribution in [0.5, 0.6) is 11.5 Å². The molecule has 0 fully saturated rings. The first-order chi connectivity index (χ1) is 6.70. The van der Waals surface area contributed by atoms with E-state index < -0.39 is 0 Å². The van der Waals surface area contributed by atoms with Crippen LogP contribution in [0.2, 0.25) is 0 Å². The van der Waals surface area contributed by atoms with Gasteiger partial charge in [-0.3, -0.25) is 0 Å². The Morgan fingerprint density at radius 3 is 1.50 bits per heavy atom. The number of hydrogen-bond donors (Lipinski definition) is 2. The van der Waals surface area contributed by atoms with E-state index in [1.54, 1.807) is 13.8 Å². The molecule has 2 nitrogen and oxygen atoms in total. The van der Waals surface area contributed by atoms with Crippen molar-refractivity contribution in [2.75, 3.05) is 0 Å². The molecule has 0 aliphatic heterocycles. The average molecular weight is 186 g/mol. The maximum absolute atomic E-state index is 9.49. The van der Waals surface area contributed by atoms with Gasteiger partial charge in [-0.1, -0.05) is 11.8 Å². The highest BCUT2D eigenvalue weighted by atomic mass is 16.3. The fraction of sp³-hybridized carbons (Fsp3) is 0.167. The summed E-state index contributed by atoms with van der Waals surface area (Å²) in [6.45, 7) is 3.32. The van der Waals surface area contributed by atoms with Crippen molar-refractivity contribution in [1.29, 1.82) is 0 Å². The van der Waals surface area contributed by atoms with Crippen LogP contribution in [0.25, 0.3) is 0 Å². The number of benzene rings is 1. The number of phenols is 2. The zero-order valence-corrected chi connectivity index (χ0v) is 8.05. The number of hydrogen-bond acceptors (Lipinski definition) is 2. The third-order valence-corrected chi connectivity index (χ3v) is 1.66. The Morgan fingerprint density at radius 1 is 0.857 bits per heavy atom. The summed E-state index contributed by atoms with van der Waals surface area (Å²) in [5, 5.41) is 19.0. The lowest BCUT2D eigenvalue weighted by Crippen LogP contribution is -1.85. The van der Waals surface area contributed by atoms with Gasteiger partial charge in [0.15, 0.2) is 0 Å². The zero-order chi connectivity index (χ0) is 10.6. The van der Waals surface area contributed by atoms with Gasteiger partial charge in [0.05, 0.1) is 11.1 Å². The average Bonchev–Trinajstić information content (AvgIpc) is 2.17. The largest absolute Gasteiger partial charge is 0.507 e. The van der Waals surface area contributed by atoms with Crippen molar-refractivity contribution in [3.05, 3.63) is 23.3 Å². The minimum absolute atomic E-state index is 0.0369. The maximum Gasteiger partial charge on any atom is 0.132 e. The Labute approximate surface area is 83.2 Å². The molecule has 0 saturated heterocycles. The predicted octanol–water partition coefficient (Wildman–Crippen LogP) is 1.84. The van der Waals surface area contributed by atoms with Gasteiger partial charge in [-0.2, -0.15) is 0 Å². The summed E-state index contributed by atoms with van der Waals surface area (Å²) in [5.74, 6) is 10.8. The van der Waals surface area contributed by atoms with Gasteiger partial charge in [0.25, 0.3) is 0 Å². The molecule has 0 radical (unpaired) electrons. The summed E-state index contributed by atoms with van der Waals surface area (Å²) in [6.07, 6.45) is 0. The normalized spacial score (nSPS) is 8.14. The summed E-state index contributed by atoms with van der Waals surface area (Å²) in [5.41, 5.74) is 0.753. The molecule has 0 spiro atoms. The van der Waals surface area contributed by atoms with Gasteiger partial charge in [0.1, 0.15) is 11.5 Å². The first-order valence-electron chi connectivity index (χ1n) is 4.11. The minimum atomic E-state index is 0.0369. The van der Waals surface area contributed by atoms with Crippen molar-refractivity contribution in [3.8, 4) is 35.2 Å². The van der Waals surface area contributed by atoms with Crippen LogP contribution >= 0.6 is 0 Å². The van der Waals surface area contributed by atoms with E-state index in [2.05, 4.69) is 23.7 Å². The topological polar surface area (TPSA) is 40.5 Å². The van der Waals surface area contributed by atoms with E-state index in [1.807, 2.05) is 0 Å². The molecule has 0 atom stereocenters. The summed E-state index contributed by atoms with van der Waals surface area (Å²) >= 11 is 0. The Balaban J connectivity index is 3.52. The molecule has 0 saturated carbocycles. The highest BCUT2D eigenvalue weighted by Crippen LogP contribution is 2.27. The molecule has 0 bridgehead atoms. The quantitative estimate of drug-likeness (QED) is 0.479. The molecule has 0 unspecified atom stereocenters. The molecule has 1 rings (SSSR count). The molecule has 2 N–H and O–H groups in total. The van der Waals surface area contributed by atoms with Crippen LogP contribution in [0.15, 0.2) is 12.1 Å². The highest BCUT2D eigenvalue weighted by Gasteiger charge is 2.08. The second kappa shape index (κ2) is 4.25. The van der Waals surface area contributed by atoms with Gasteiger partial charge >= 0.3 is 0 Å². The van der Waals surface area contributed by atoms with E-state index in [9.17, 15) is 10.2 Å². The van der Waals surface area contributed by atoms with Gasteiger partial charge in [-0.05, 0) is 26.0 Å². The van der Waals surface area contributed by atoms with E-state index in [0.717, 1.165) is 0 Å². The second-order valence-electron chi connectivity index (χ2n) is 2.60. The summed E-state index contributed by atoms with van der Waals surface area (Å²) < 4.78 is 0. The Kier molecular flexibility index (Phi) is 3.05. The molecular weight excluding hydrogens is 176 g/mol. The van der Waals surface area contributed by atoms with Gasteiger partial charge in [-0.25, -0.2) is 0 Å². The molecule has 0 heterocycles. The van der Waals surface area contributed by atoms with Gasteiger partial charge in [-0.15, -0.1) is 11.8 Å². The van der Waals surface area contributed by atoms with Crippen LogP contribution in [0.1, 0.15) is 25.0 Å². The van der Waals surface area contributed by atoms with Crippen molar-refractivity contribution >= 4 is 0 Å². The number of rotatable bonds is 0. The van der Waals surface area contributed by atoms with Crippen LogP contribution < -0.4 is 0 Å². The molecular formula is C12H10O2. The van der Waals surface area contributed by atoms with E-state index >= 15 is 0 Å². The maximum atomic E-state index is 9.49. The summed E-state index contributed by atoms with van der Waals surface area (Å²) in [4.78, 5) is 0. The molecule has 0 aliphatic carbocycles. The predicted molar refractivity (Wildman–Crippen MR) is 54.9 cm³/mol. The van der Waals surface area contributed by atoms with E-state index in [0.29, 0.717) is 11.1 Å². The molecule has 2 heteroatoms. The Hall–Kier alpha value is -2.06. The van der Waals surface area contributed by atoms with Crippen molar-refractivity contribution in [3.63, 3.8) is 0 Å². The molecule has 1 aromatic carbocycles. The van der Waals surface area contributed by atoms with Crippen LogP contribution in [0.4, 0.5) is 0 Å². The van der Waals surface area contributed by atoms with Crippen LogP contribution in [0, 0.1) is 23.7 Å². The fourth-order valence-electron chi connectivity index (χ4n) is 1.08. The zero-order valence-electron chi connectivity index (χ0n) is 8.05. The lowest BCUT2D eigenvalue weighted by atomic mass is 10.1. The molecule has 0 amide bonds. The molecule has 1 aromatic rings. The smallest absolute Gasteiger partial charge is 0.132 e. The first kappa shape index (κ1) is 10.0. The van der Waals surface area contributed by atoms with Crippen LogP contribution in [-0.2, 0) is 0 Å². The molecule has 0 aromatic heterocycles. The number of aromatic hydroxyl groups is 2. The molecule has 70 valence electrons. The fourth-order valence-corrected chi connectivity index (χ4v) is 1.08. The highest BCUT2D eigenvalue weighted by molar-refractivity contribution is 5.62.